The fraction of sp³-hybridized carbons (Fsp3) is 0.750. The van der Waals surface area contributed by atoms with Crippen molar-refractivity contribution in [3.05, 3.63) is 16.1 Å². The molecule has 2 atom stereocenters. The summed E-state index contributed by atoms with van der Waals surface area (Å²) in [6.45, 7) is 9.09. The van der Waals surface area contributed by atoms with Gasteiger partial charge in [-0.25, -0.2) is 4.98 Å². The Labute approximate surface area is 102 Å². The summed E-state index contributed by atoms with van der Waals surface area (Å²) >= 11 is 1.64. The Hall–Kier alpha value is -0.450. The van der Waals surface area contributed by atoms with Crippen LogP contribution in [0.5, 0.6) is 0 Å². The molecule has 2 unspecified atom stereocenters. The van der Waals surface area contributed by atoms with E-state index in [2.05, 4.69) is 24.2 Å². The molecule has 0 saturated carbocycles. The second kappa shape index (κ2) is 6.33. The van der Waals surface area contributed by atoms with Gasteiger partial charge in [0.25, 0.3) is 0 Å². The van der Waals surface area contributed by atoms with Crippen molar-refractivity contribution in [2.24, 2.45) is 11.7 Å². The van der Waals surface area contributed by atoms with Gasteiger partial charge in [-0.3, -0.25) is 0 Å². The highest BCUT2D eigenvalue weighted by atomic mass is 32.1. The first-order valence-electron chi connectivity index (χ1n) is 5.87. The molecule has 0 amide bonds. The zero-order valence-electron chi connectivity index (χ0n) is 10.6. The first-order chi connectivity index (χ1) is 7.54. The molecule has 0 radical (unpaired) electrons. The number of ether oxygens (including phenoxy) is 1. The molecule has 1 heterocycles. The summed E-state index contributed by atoms with van der Waals surface area (Å²) in [5, 5.41) is 3.08. The predicted octanol–water partition coefficient (Wildman–Crippen LogP) is 3.29. The maximum absolute atomic E-state index is 6.09. The lowest BCUT2D eigenvalue weighted by atomic mass is 10.0. The van der Waals surface area contributed by atoms with E-state index in [9.17, 15) is 0 Å². The van der Waals surface area contributed by atoms with Crippen molar-refractivity contribution in [2.75, 3.05) is 6.61 Å². The van der Waals surface area contributed by atoms with Crippen molar-refractivity contribution >= 4 is 11.3 Å². The quantitative estimate of drug-likeness (QED) is 0.832. The summed E-state index contributed by atoms with van der Waals surface area (Å²) in [5.74, 6) is 0.601. The highest BCUT2D eigenvalue weighted by Gasteiger charge is 2.15. The third-order valence-corrected chi connectivity index (χ3v) is 3.43. The van der Waals surface area contributed by atoms with Gasteiger partial charge in [-0.2, -0.15) is 0 Å². The number of hydrogen-bond donors (Lipinski definition) is 1. The van der Waals surface area contributed by atoms with Gasteiger partial charge in [0, 0.05) is 18.0 Å². The van der Waals surface area contributed by atoms with E-state index in [-0.39, 0.29) is 12.1 Å². The van der Waals surface area contributed by atoms with Gasteiger partial charge in [-0.15, -0.1) is 11.3 Å². The lowest BCUT2D eigenvalue weighted by Gasteiger charge is -2.11. The zero-order chi connectivity index (χ0) is 12.1. The molecule has 1 aromatic rings. The number of nitrogens with zero attached hydrogens (tertiary/aromatic N) is 1. The summed E-state index contributed by atoms with van der Waals surface area (Å²) in [5.41, 5.74) is 7.09. The topological polar surface area (TPSA) is 48.1 Å². The smallest absolute Gasteiger partial charge is 0.122 e. The van der Waals surface area contributed by atoms with Gasteiger partial charge in [0.05, 0.1) is 5.69 Å². The van der Waals surface area contributed by atoms with Crippen LogP contribution in [-0.4, -0.2) is 11.6 Å². The minimum absolute atomic E-state index is 0.0545. The second-order valence-corrected chi connectivity index (χ2v) is 5.33. The molecule has 0 aromatic carbocycles. The van der Waals surface area contributed by atoms with Crippen molar-refractivity contribution in [1.29, 1.82) is 0 Å². The minimum Gasteiger partial charge on any atom is -0.372 e. The van der Waals surface area contributed by atoms with E-state index in [1.165, 1.54) is 0 Å². The molecule has 1 aromatic heterocycles. The summed E-state index contributed by atoms with van der Waals surface area (Å²) in [7, 11) is 0. The van der Waals surface area contributed by atoms with Crippen LogP contribution in [0.25, 0.3) is 0 Å². The minimum atomic E-state index is 0.0545. The van der Waals surface area contributed by atoms with Crippen molar-refractivity contribution < 1.29 is 4.74 Å². The molecule has 0 spiro atoms. The van der Waals surface area contributed by atoms with E-state index < -0.39 is 0 Å². The molecule has 0 bridgehead atoms. The molecule has 0 aliphatic carbocycles. The zero-order valence-corrected chi connectivity index (χ0v) is 11.4. The molecular weight excluding hydrogens is 220 g/mol. The van der Waals surface area contributed by atoms with Crippen LogP contribution in [0.2, 0.25) is 0 Å². The van der Waals surface area contributed by atoms with E-state index in [4.69, 9.17) is 10.5 Å². The van der Waals surface area contributed by atoms with Crippen molar-refractivity contribution in [1.82, 2.24) is 4.98 Å². The normalized spacial score (nSPS) is 15.4. The summed E-state index contributed by atoms with van der Waals surface area (Å²) in [6.07, 6.45) is 1.06. The number of nitrogens with two attached hydrogens (primary N) is 1. The van der Waals surface area contributed by atoms with Crippen LogP contribution in [-0.2, 0) is 4.74 Å². The Morgan fingerprint density at radius 1 is 1.44 bits per heavy atom. The fourth-order valence-corrected chi connectivity index (χ4v) is 2.49. The first kappa shape index (κ1) is 13.6. The van der Waals surface area contributed by atoms with Crippen LogP contribution >= 0.6 is 11.3 Å². The van der Waals surface area contributed by atoms with Gasteiger partial charge in [0.15, 0.2) is 0 Å². The van der Waals surface area contributed by atoms with Gasteiger partial charge in [0.2, 0.25) is 0 Å². The van der Waals surface area contributed by atoms with Gasteiger partial charge >= 0.3 is 0 Å². The Morgan fingerprint density at radius 2 is 2.12 bits per heavy atom. The van der Waals surface area contributed by atoms with Crippen molar-refractivity contribution in [3.63, 3.8) is 0 Å². The maximum atomic E-state index is 6.09. The molecule has 0 saturated heterocycles. The van der Waals surface area contributed by atoms with Crippen LogP contribution < -0.4 is 5.73 Å². The molecule has 4 heteroatoms. The van der Waals surface area contributed by atoms with Crippen molar-refractivity contribution in [2.45, 2.75) is 46.3 Å². The summed E-state index contributed by atoms with van der Waals surface area (Å²) in [6, 6.07) is 0.0545. The van der Waals surface area contributed by atoms with Crippen LogP contribution in [0.4, 0.5) is 0 Å². The van der Waals surface area contributed by atoms with E-state index in [1.54, 1.807) is 11.3 Å². The lowest BCUT2D eigenvalue weighted by molar-refractivity contribution is 0.0760. The first-order valence-corrected chi connectivity index (χ1v) is 6.75. The van der Waals surface area contributed by atoms with E-state index >= 15 is 0 Å². The Morgan fingerprint density at radius 3 is 2.69 bits per heavy atom. The third-order valence-electron chi connectivity index (χ3n) is 2.41. The number of hydrogen-bond acceptors (Lipinski definition) is 4. The maximum Gasteiger partial charge on any atom is 0.122 e. The predicted molar refractivity (Wildman–Crippen MR) is 68.5 cm³/mol. The number of rotatable bonds is 6. The highest BCUT2D eigenvalue weighted by Crippen LogP contribution is 2.25. The van der Waals surface area contributed by atoms with E-state index in [0.29, 0.717) is 12.5 Å². The molecule has 0 aliphatic rings. The summed E-state index contributed by atoms with van der Waals surface area (Å²) < 4.78 is 5.51. The molecule has 16 heavy (non-hydrogen) atoms. The summed E-state index contributed by atoms with van der Waals surface area (Å²) in [4.78, 5) is 4.55. The molecule has 3 nitrogen and oxygen atoms in total. The van der Waals surface area contributed by atoms with E-state index in [0.717, 1.165) is 17.1 Å². The van der Waals surface area contributed by atoms with Crippen molar-refractivity contribution in [3.8, 4) is 0 Å². The lowest BCUT2D eigenvalue weighted by Crippen LogP contribution is -2.13. The highest BCUT2D eigenvalue weighted by molar-refractivity contribution is 7.09. The fourth-order valence-electron chi connectivity index (χ4n) is 1.61. The molecule has 0 fully saturated rings. The Bertz CT molecular complexity index is 312. The van der Waals surface area contributed by atoms with Crippen LogP contribution in [0, 0.1) is 5.92 Å². The van der Waals surface area contributed by atoms with Crippen LogP contribution in [0.1, 0.15) is 57.0 Å². The molecular formula is C12H22N2OS. The molecule has 1 rings (SSSR count). The average molecular weight is 242 g/mol. The van der Waals surface area contributed by atoms with Gasteiger partial charge < -0.3 is 10.5 Å². The molecule has 2 N–H and O–H groups in total. The third kappa shape index (κ3) is 3.85. The molecule has 92 valence electrons. The number of aromatic nitrogens is 1. The van der Waals surface area contributed by atoms with Crippen LogP contribution in [0.15, 0.2) is 5.38 Å². The second-order valence-electron chi connectivity index (χ2n) is 4.44. The van der Waals surface area contributed by atoms with Gasteiger partial charge in [-0.05, 0) is 26.2 Å². The Kier molecular flexibility index (Phi) is 5.38. The van der Waals surface area contributed by atoms with Crippen LogP contribution in [0.3, 0.4) is 0 Å². The SMILES string of the molecule is CCOC(C)c1nc(C(N)CC(C)C)cs1. The average Bonchev–Trinajstić information content (AvgIpc) is 2.65. The largest absolute Gasteiger partial charge is 0.372 e. The Balaban J connectivity index is 2.63. The van der Waals surface area contributed by atoms with E-state index in [1.807, 2.05) is 13.8 Å². The standard InChI is InChI=1S/C12H22N2OS/c1-5-15-9(4)12-14-11(7-16-12)10(13)6-8(2)3/h7-10H,5-6,13H2,1-4H3. The number of thiazole rings is 1. The van der Waals surface area contributed by atoms with Gasteiger partial charge in [0.1, 0.15) is 11.1 Å². The monoisotopic (exact) mass is 242 g/mol. The van der Waals surface area contributed by atoms with Gasteiger partial charge in [-0.1, -0.05) is 13.8 Å². The molecule has 0 aliphatic heterocycles.